The van der Waals surface area contributed by atoms with Gasteiger partial charge in [-0.15, -0.1) is 0 Å². The molecule has 22 nitrogen and oxygen atoms in total. The Hall–Kier alpha value is -11.1. The Morgan fingerprint density at radius 1 is 0.455 bits per heavy atom. The lowest BCUT2D eigenvalue weighted by Gasteiger charge is -2.36. The summed E-state index contributed by atoms with van der Waals surface area (Å²) in [6.45, 7) is 10.6. The number of piperazine rings is 1. The Bertz CT molecular complexity index is 5140. The normalized spacial score (nSPS) is 14.3. The lowest BCUT2D eigenvalue weighted by atomic mass is 10.1. The fraction of sp³-hybridized carbons (Fsp3) is 0.260. The molecule has 6 aromatic carbocycles. The maximum Gasteiger partial charge on any atom is 0.229 e. The van der Waals surface area contributed by atoms with E-state index in [0.717, 1.165) is 212 Å². The van der Waals surface area contributed by atoms with Gasteiger partial charge in [0.25, 0.3) is 0 Å². The van der Waals surface area contributed by atoms with Gasteiger partial charge in [0.2, 0.25) is 11.9 Å². The van der Waals surface area contributed by atoms with Crippen LogP contribution in [0.25, 0.3) is 44.1 Å². The number of aromatic nitrogens is 15. The smallest absolute Gasteiger partial charge is 0.229 e. The number of hydrogen-bond acceptors (Lipinski definition) is 20. The zero-order valence-corrected chi connectivity index (χ0v) is 58.4. The third-order valence-corrected chi connectivity index (χ3v) is 20.2. The molecule has 101 heavy (non-hydrogen) atoms. The Balaban J connectivity index is 0.000000106. The molecule has 14 aromatic rings. The van der Waals surface area contributed by atoms with Crippen LogP contribution in [0, 0.1) is 0 Å². The molecule has 1 fully saturated rings. The lowest BCUT2D eigenvalue weighted by Crippen LogP contribution is -2.47. The van der Waals surface area contributed by atoms with E-state index in [1.54, 1.807) is 23.5 Å². The number of thioether (sulfide) groups is 2. The highest BCUT2D eigenvalue weighted by Gasteiger charge is 2.31. The fourth-order valence-corrected chi connectivity index (χ4v) is 14.7. The number of H-pyrrole nitrogens is 2. The first kappa shape index (κ1) is 64.6. The van der Waals surface area contributed by atoms with E-state index < -0.39 is 0 Å². The molecule has 0 atom stereocenters. The van der Waals surface area contributed by atoms with Crippen LogP contribution in [-0.2, 0) is 58.8 Å². The second-order valence-corrected chi connectivity index (χ2v) is 27.1. The average molecular weight is 1380 g/mol. The largest absolute Gasteiger partial charge is 0.369 e. The Morgan fingerprint density at radius 3 is 1.63 bits per heavy atom. The monoisotopic (exact) mass is 1370 g/mol. The Morgan fingerprint density at radius 2 is 1.00 bits per heavy atom. The molecule has 5 aliphatic rings. The van der Waals surface area contributed by atoms with Crippen molar-refractivity contribution in [1.29, 1.82) is 0 Å². The third-order valence-electron chi connectivity index (χ3n) is 19.1. The number of para-hydroxylation sites is 2. The number of aromatic amines is 2. The minimum atomic E-state index is 0.626. The molecule has 0 amide bonds. The number of aryl methyl sites for hydroxylation is 1. The van der Waals surface area contributed by atoms with Crippen LogP contribution in [0.2, 0.25) is 0 Å². The highest BCUT2D eigenvalue weighted by atomic mass is 32.2. The highest BCUT2D eigenvalue weighted by molar-refractivity contribution is 7.98. The van der Waals surface area contributed by atoms with Gasteiger partial charge in [-0.2, -0.15) is 35.2 Å². The summed E-state index contributed by atoms with van der Waals surface area (Å²) in [6, 6.07) is 63.0. The van der Waals surface area contributed by atoms with E-state index in [9.17, 15) is 0 Å². The topological polar surface area (TPSA) is 223 Å². The van der Waals surface area contributed by atoms with Gasteiger partial charge in [-0.1, -0.05) is 181 Å². The van der Waals surface area contributed by atoms with Gasteiger partial charge in [0.15, 0.2) is 27.3 Å². The van der Waals surface area contributed by atoms with Gasteiger partial charge < -0.3 is 39.7 Å². The highest BCUT2D eigenvalue weighted by Crippen LogP contribution is 2.39. The van der Waals surface area contributed by atoms with Crippen molar-refractivity contribution >= 4 is 114 Å². The number of nitrogens with one attached hydrogen (secondary N) is 4. The predicted molar refractivity (Wildman–Crippen MR) is 408 cm³/mol. The molecule has 0 radical (unpaired) electrons. The Labute approximate surface area is 594 Å². The summed E-state index contributed by atoms with van der Waals surface area (Å²) in [6.07, 6.45) is 11.0. The van der Waals surface area contributed by atoms with Crippen LogP contribution in [-0.4, -0.2) is 146 Å². The van der Waals surface area contributed by atoms with Gasteiger partial charge in [-0.05, 0) is 77.4 Å². The first-order chi connectivity index (χ1) is 49.8. The summed E-state index contributed by atoms with van der Waals surface area (Å²) in [7, 11) is 2.07. The van der Waals surface area contributed by atoms with Crippen molar-refractivity contribution < 1.29 is 0 Å². The van der Waals surface area contributed by atoms with E-state index in [0.29, 0.717) is 5.95 Å². The summed E-state index contributed by atoms with van der Waals surface area (Å²) >= 11 is 3.18. The van der Waals surface area contributed by atoms with E-state index in [1.165, 1.54) is 38.9 Å². The van der Waals surface area contributed by atoms with Crippen LogP contribution in [0.3, 0.4) is 0 Å². The molecule has 0 spiro atoms. The van der Waals surface area contributed by atoms with Crippen LogP contribution in [0.15, 0.2) is 199 Å². The molecular formula is C77H78N22S2. The molecule has 13 heterocycles. The molecule has 19 rings (SSSR count). The van der Waals surface area contributed by atoms with E-state index in [2.05, 4.69) is 252 Å². The minimum absolute atomic E-state index is 0.626. The van der Waals surface area contributed by atoms with E-state index in [1.807, 2.05) is 35.4 Å². The average Bonchev–Trinajstić information content (AvgIpc) is 1.66. The van der Waals surface area contributed by atoms with Crippen molar-refractivity contribution in [2.45, 2.75) is 62.1 Å². The minimum Gasteiger partial charge on any atom is -0.369 e. The maximum atomic E-state index is 5.05. The van der Waals surface area contributed by atoms with Crippen molar-refractivity contribution in [2.75, 3.05) is 107 Å². The maximum absolute atomic E-state index is 5.05. The van der Waals surface area contributed by atoms with Crippen molar-refractivity contribution in [3.63, 3.8) is 0 Å². The zero-order chi connectivity index (χ0) is 68.0. The third kappa shape index (κ3) is 13.9. The quantitative estimate of drug-likeness (QED) is 0.0553. The lowest BCUT2D eigenvalue weighted by molar-refractivity contribution is 0.640. The van der Waals surface area contributed by atoms with Crippen LogP contribution in [0.5, 0.6) is 0 Å². The number of nitrogens with zero attached hydrogens (tertiary/aromatic N) is 18. The molecular weight excluding hydrogens is 1300 g/mol. The molecule has 5 aliphatic heterocycles. The van der Waals surface area contributed by atoms with Crippen molar-refractivity contribution in [1.82, 2.24) is 74.6 Å². The number of hydrogen-bond donors (Lipinski definition) is 4. The van der Waals surface area contributed by atoms with E-state index in [-0.39, 0.29) is 0 Å². The van der Waals surface area contributed by atoms with Gasteiger partial charge in [-0.25, -0.2) is 24.6 Å². The van der Waals surface area contributed by atoms with Gasteiger partial charge in [0.1, 0.15) is 28.9 Å². The fourth-order valence-electron chi connectivity index (χ4n) is 14.0. The predicted octanol–water partition coefficient (Wildman–Crippen LogP) is 12.8. The molecule has 1 saturated heterocycles. The summed E-state index contributed by atoms with van der Waals surface area (Å²) < 4.78 is 4.17. The Kier molecular flexibility index (Phi) is 18.8. The second-order valence-electron chi connectivity index (χ2n) is 25.6. The summed E-state index contributed by atoms with van der Waals surface area (Å²) in [5.41, 5.74) is 15.8. The molecule has 0 bridgehead atoms. The molecule has 24 heteroatoms. The van der Waals surface area contributed by atoms with Crippen molar-refractivity contribution in [3.8, 4) is 0 Å². The zero-order valence-electron chi connectivity index (χ0n) is 56.8. The molecule has 8 aromatic heterocycles. The molecule has 0 unspecified atom stereocenters. The van der Waals surface area contributed by atoms with Gasteiger partial charge in [0.05, 0.1) is 45.2 Å². The van der Waals surface area contributed by atoms with Crippen LogP contribution in [0.1, 0.15) is 44.9 Å². The number of anilines is 8. The number of benzene rings is 6. The molecule has 508 valence electrons. The molecule has 0 aliphatic carbocycles. The van der Waals surface area contributed by atoms with Crippen molar-refractivity contribution in [2.24, 2.45) is 7.05 Å². The second kappa shape index (κ2) is 29.4. The van der Waals surface area contributed by atoms with Crippen LogP contribution < -0.4 is 35.1 Å². The van der Waals surface area contributed by atoms with E-state index >= 15 is 0 Å². The summed E-state index contributed by atoms with van der Waals surface area (Å²) in [5.74, 6) is 5.32. The molecule has 0 saturated carbocycles. The standard InChI is InChI=1S/C23H23N7.C22H21N5S.C17H18N4S.C15H16N6/c1-3-7-17(8-4-1)28-13-15-29(16-14-28)23-24-21-20-19(26-27-21)11-12-30(22(20)25-23)18-9-5-2-6-10-18;1-28-22-23-20-19-18(12-13-26(20)14-16-8-4-2-5-9-16)25-27(21(19)24-22)15-17-10-6-3-7-11-17;1-20-11-13-8-9-21(10-12-6-4-3-5-7-12)16-14(13)15(20)18-17(19-16)22-2;1-2-4-10(5-3-1)6-8-17-15-18-13-12-11(7-9-16-13)20-21-14(12)19-15/h1-10H,11-16H2,(H,24,25,26,27);2-11H,12-15H2,1H3;3-7,11H,8-10H2,1-2H3;1-5H,6-9H2,(H3,16,17,18,19,20,21). The van der Waals surface area contributed by atoms with Crippen LogP contribution >= 0.6 is 23.5 Å². The first-order valence-corrected chi connectivity index (χ1v) is 37.0. The van der Waals surface area contributed by atoms with Crippen LogP contribution in [0.4, 0.5) is 46.5 Å². The van der Waals surface area contributed by atoms with E-state index in [4.69, 9.17) is 30.0 Å². The van der Waals surface area contributed by atoms with Gasteiger partial charge in [-0.3, -0.25) is 10.2 Å². The summed E-state index contributed by atoms with van der Waals surface area (Å²) in [5, 5.41) is 32.5. The number of rotatable bonds is 15. The van der Waals surface area contributed by atoms with Gasteiger partial charge >= 0.3 is 0 Å². The molecule has 4 N–H and O–H groups in total. The first-order valence-electron chi connectivity index (χ1n) is 34.6. The van der Waals surface area contributed by atoms with Gasteiger partial charge in [0, 0.05) is 116 Å². The van der Waals surface area contributed by atoms with Crippen molar-refractivity contribution in [3.05, 3.63) is 233 Å². The SMILES string of the molecule is CSc1nc2c3c(cn(C)c3n1)CCN2Cc1ccccc1.CSc1nc2c3c(nn(Cc4ccccc4)c3n1)CCN2Cc1ccccc1.c1ccc(CCNc2nc3c4c([nH]nc4n2)CCN3)cc1.c1ccc(N2CCN(c3nc4c5c([nH]nc5n3)CCN4c3ccccc3)CC2)cc1. The summed E-state index contributed by atoms with van der Waals surface area (Å²) in [4.78, 5) is 49.8.